The Bertz CT molecular complexity index is 685. The summed E-state index contributed by atoms with van der Waals surface area (Å²) in [6.07, 6.45) is 3.14. The highest BCUT2D eigenvalue weighted by atomic mass is 16.3. The van der Waals surface area contributed by atoms with Gasteiger partial charge in [0.2, 0.25) is 0 Å². The molecule has 0 saturated carbocycles. The summed E-state index contributed by atoms with van der Waals surface area (Å²) in [5.41, 5.74) is 2.55. The second-order valence-electron chi connectivity index (χ2n) is 6.25. The molecule has 1 aliphatic heterocycles. The second-order valence-corrected chi connectivity index (χ2v) is 6.25. The molecule has 1 aliphatic rings. The van der Waals surface area contributed by atoms with Crippen LogP contribution in [0.3, 0.4) is 0 Å². The highest BCUT2D eigenvalue weighted by Gasteiger charge is 2.16. The zero-order valence-corrected chi connectivity index (χ0v) is 14.2. The van der Waals surface area contributed by atoms with Crippen LogP contribution in [-0.2, 0) is 0 Å². The van der Waals surface area contributed by atoms with Gasteiger partial charge in [-0.15, -0.1) is 0 Å². The highest BCUT2D eigenvalue weighted by molar-refractivity contribution is 5.89. The van der Waals surface area contributed by atoms with E-state index in [-0.39, 0.29) is 12.1 Å². The number of rotatable bonds is 5. The summed E-state index contributed by atoms with van der Waals surface area (Å²) in [5.74, 6) is 0. The zero-order chi connectivity index (χ0) is 17.5. The first kappa shape index (κ1) is 17.4. The predicted octanol–water partition coefficient (Wildman–Crippen LogP) is 2.33. The van der Waals surface area contributed by atoms with Crippen molar-refractivity contribution in [2.24, 2.45) is 0 Å². The van der Waals surface area contributed by atoms with E-state index in [1.807, 2.05) is 36.4 Å². The summed E-state index contributed by atoms with van der Waals surface area (Å²) in [7, 11) is 0. The zero-order valence-electron chi connectivity index (χ0n) is 14.2. The SMILES string of the molecule is O=C(NCCN1CCC(O)CC1)Nc1ccnc(-c2ccccc2)c1. The van der Waals surface area contributed by atoms with Crippen molar-refractivity contribution in [3.63, 3.8) is 0 Å². The van der Waals surface area contributed by atoms with Crippen LogP contribution in [0.2, 0.25) is 0 Å². The first-order valence-electron chi connectivity index (χ1n) is 8.67. The van der Waals surface area contributed by atoms with Gasteiger partial charge in [0.25, 0.3) is 0 Å². The third-order valence-corrected chi connectivity index (χ3v) is 4.36. The minimum Gasteiger partial charge on any atom is -0.393 e. The van der Waals surface area contributed by atoms with Crippen LogP contribution in [0.1, 0.15) is 12.8 Å². The molecule has 0 aliphatic carbocycles. The van der Waals surface area contributed by atoms with Gasteiger partial charge in [0.15, 0.2) is 0 Å². The number of hydrogen-bond acceptors (Lipinski definition) is 4. The number of carbonyl (C=O) groups is 1. The van der Waals surface area contributed by atoms with Crippen molar-refractivity contribution in [2.45, 2.75) is 18.9 Å². The lowest BCUT2D eigenvalue weighted by Crippen LogP contribution is -2.41. The van der Waals surface area contributed by atoms with Crippen LogP contribution in [0.5, 0.6) is 0 Å². The maximum atomic E-state index is 12.1. The molecule has 6 nitrogen and oxygen atoms in total. The summed E-state index contributed by atoms with van der Waals surface area (Å²) in [6, 6.07) is 13.3. The third kappa shape index (κ3) is 5.27. The van der Waals surface area contributed by atoms with Gasteiger partial charge in [0.05, 0.1) is 11.8 Å². The normalized spacial score (nSPS) is 15.7. The summed E-state index contributed by atoms with van der Waals surface area (Å²) in [6.45, 7) is 3.15. The number of pyridine rings is 1. The van der Waals surface area contributed by atoms with E-state index in [9.17, 15) is 9.90 Å². The lowest BCUT2D eigenvalue weighted by atomic mass is 10.1. The molecule has 2 heterocycles. The molecule has 0 bridgehead atoms. The number of benzene rings is 1. The Labute approximate surface area is 147 Å². The van der Waals surface area contributed by atoms with Crippen LogP contribution in [0, 0.1) is 0 Å². The molecular formula is C19H24N4O2. The maximum absolute atomic E-state index is 12.1. The molecule has 3 rings (SSSR count). The van der Waals surface area contributed by atoms with Crippen molar-refractivity contribution < 1.29 is 9.90 Å². The Hall–Kier alpha value is -2.44. The summed E-state index contributed by atoms with van der Waals surface area (Å²) >= 11 is 0. The van der Waals surface area contributed by atoms with E-state index in [0.717, 1.165) is 43.7 Å². The van der Waals surface area contributed by atoms with E-state index in [2.05, 4.69) is 20.5 Å². The van der Waals surface area contributed by atoms with Gasteiger partial charge < -0.3 is 20.6 Å². The van der Waals surface area contributed by atoms with Crippen LogP contribution in [-0.4, -0.2) is 53.3 Å². The number of amides is 2. The van der Waals surface area contributed by atoms with Crippen molar-refractivity contribution in [1.82, 2.24) is 15.2 Å². The van der Waals surface area contributed by atoms with Crippen molar-refractivity contribution in [3.05, 3.63) is 48.7 Å². The smallest absolute Gasteiger partial charge is 0.319 e. The van der Waals surface area contributed by atoms with Crippen LogP contribution in [0.15, 0.2) is 48.7 Å². The van der Waals surface area contributed by atoms with Gasteiger partial charge in [-0.1, -0.05) is 30.3 Å². The summed E-state index contributed by atoms with van der Waals surface area (Å²) < 4.78 is 0. The van der Waals surface area contributed by atoms with Gasteiger partial charge in [0.1, 0.15) is 0 Å². The minimum absolute atomic E-state index is 0.169. The molecule has 1 saturated heterocycles. The molecule has 0 spiro atoms. The Morgan fingerprint density at radius 1 is 1.20 bits per heavy atom. The fourth-order valence-electron chi connectivity index (χ4n) is 2.92. The van der Waals surface area contributed by atoms with Crippen molar-refractivity contribution in [3.8, 4) is 11.3 Å². The number of nitrogens with one attached hydrogen (secondary N) is 2. The molecule has 3 N–H and O–H groups in total. The average Bonchev–Trinajstić information content (AvgIpc) is 2.64. The Morgan fingerprint density at radius 2 is 1.96 bits per heavy atom. The number of aliphatic hydroxyl groups excluding tert-OH is 1. The van der Waals surface area contributed by atoms with Crippen molar-refractivity contribution >= 4 is 11.7 Å². The second kappa shape index (κ2) is 8.60. The van der Waals surface area contributed by atoms with Gasteiger partial charge in [-0.3, -0.25) is 4.98 Å². The quantitative estimate of drug-likeness (QED) is 0.781. The van der Waals surface area contributed by atoms with Gasteiger partial charge in [0, 0.05) is 43.6 Å². The molecule has 2 aromatic rings. The molecule has 0 unspecified atom stereocenters. The van der Waals surface area contributed by atoms with E-state index in [0.29, 0.717) is 12.2 Å². The molecule has 6 heteroatoms. The van der Waals surface area contributed by atoms with E-state index < -0.39 is 0 Å². The largest absolute Gasteiger partial charge is 0.393 e. The third-order valence-electron chi connectivity index (χ3n) is 4.36. The number of nitrogens with zero attached hydrogens (tertiary/aromatic N) is 2. The first-order valence-corrected chi connectivity index (χ1v) is 8.67. The van der Waals surface area contributed by atoms with Gasteiger partial charge in [-0.25, -0.2) is 4.79 Å². The number of aliphatic hydroxyl groups is 1. The van der Waals surface area contributed by atoms with Crippen molar-refractivity contribution in [2.75, 3.05) is 31.5 Å². The highest BCUT2D eigenvalue weighted by Crippen LogP contribution is 2.19. The number of carbonyl (C=O) groups excluding carboxylic acids is 1. The first-order chi connectivity index (χ1) is 12.2. The minimum atomic E-state index is -0.220. The van der Waals surface area contributed by atoms with Crippen LogP contribution in [0.4, 0.5) is 10.5 Å². The molecule has 1 aromatic heterocycles. The number of likely N-dealkylation sites (tertiary alicyclic amines) is 1. The van der Waals surface area contributed by atoms with Crippen molar-refractivity contribution in [1.29, 1.82) is 0 Å². The predicted molar refractivity (Wildman–Crippen MR) is 98.4 cm³/mol. The lowest BCUT2D eigenvalue weighted by molar-refractivity contribution is 0.0833. The lowest BCUT2D eigenvalue weighted by Gasteiger charge is -2.29. The number of urea groups is 1. The monoisotopic (exact) mass is 340 g/mol. The van der Waals surface area contributed by atoms with E-state index in [1.165, 1.54) is 0 Å². The Balaban J connectivity index is 1.46. The Kier molecular flexibility index (Phi) is 5.98. The van der Waals surface area contributed by atoms with E-state index in [4.69, 9.17) is 0 Å². The number of anilines is 1. The van der Waals surface area contributed by atoms with Gasteiger partial charge in [-0.2, -0.15) is 0 Å². The number of piperidine rings is 1. The topological polar surface area (TPSA) is 77.5 Å². The van der Waals surface area contributed by atoms with Gasteiger partial charge in [-0.05, 0) is 25.0 Å². The maximum Gasteiger partial charge on any atom is 0.319 e. The van der Waals surface area contributed by atoms with Crippen LogP contribution >= 0.6 is 0 Å². The molecule has 0 radical (unpaired) electrons. The van der Waals surface area contributed by atoms with E-state index >= 15 is 0 Å². The number of hydrogen-bond donors (Lipinski definition) is 3. The standard InChI is InChI=1S/C19H24N4O2/c24-17-7-11-23(12-8-17)13-10-21-19(25)22-16-6-9-20-18(14-16)15-4-2-1-3-5-15/h1-6,9,14,17,24H,7-8,10-13H2,(H2,20,21,22,25). The van der Waals surface area contributed by atoms with E-state index in [1.54, 1.807) is 12.3 Å². The molecular weight excluding hydrogens is 316 g/mol. The fraction of sp³-hybridized carbons (Fsp3) is 0.368. The molecule has 1 aromatic carbocycles. The summed E-state index contributed by atoms with van der Waals surface area (Å²) in [4.78, 5) is 18.7. The van der Waals surface area contributed by atoms with Gasteiger partial charge >= 0.3 is 6.03 Å². The molecule has 2 amide bonds. The fourth-order valence-corrected chi connectivity index (χ4v) is 2.92. The number of aromatic nitrogens is 1. The molecule has 25 heavy (non-hydrogen) atoms. The van der Waals surface area contributed by atoms with Crippen LogP contribution in [0.25, 0.3) is 11.3 Å². The summed E-state index contributed by atoms with van der Waals surface area (Å²) in [5, 5.41) is 15.2. The molecule has 132 valence electrons. The average molecular weight is 340 g/mol. The molecule has 1 fully saturated rings. The van der Waals surface area contributed by atoms with Crippen LogP contribution < -0.4 is 10.6 Å². The molecule has 0 atom stereocenters. The Morgan fingerprint density at radius 3 is 2.72 bits per heavy atom.